The summed E-state index contributed by atoms with van der Waals surface area (Å²) in [7, 11) is 1.93. The molecule has 1 aliphatic heterocycles. The summed E-state index contributed by atoms with van der Waals surface area (Å²) in [5.41, 5.74) is 1.07. The van der Waals surface area contributed by atoms with E-state index in [9.17, 15) is 14.4 Å². The molecule has 0 unspecified atom stereocenters. The summed E-state index contributed by atoms with van der Waals surface area (Å²) in [6.07, 6.45) is 7.21. The number of hydrogen-bond donors (Lipinski definition) is 0. The molecule has 0 radical (unpaired) electrons. The van der Waals surface area contributed by atoms with Crippen molar-refractivity contribution in [1.82, 2.24) is 9.80 Å². The van der Waals surface area contributed by atoms with E-state index in [-0.39, 0.29) is 28.4 Å². The number of rotatable bonds is 3. The van der Waals surface area contributed by atoms with E-state index >= 15 is 0 Å². The van der Waals surface area contributed by atoms with Gasteiger partial charge in [0, 0.05) is 43.2 Å². The summed E-state index contributed by atoms with van der Waals surface area (Å²) in [6.45, 7) is 1.11. The van der Waals surface area contributed by atoms with Crippen molar-refractivity contribution in [3.8, 4) is 0 Å². The third-order valence-corrected chi connectivity index (χ3v) is 7.02. The number of halogens is 1. The molecular formula is C23H27ClN2O3. The SMILES string of the molecule is CN(C(=O)C1CCN(C2=C(Cl)C(=O)c3ccccc3C2=O)CC1)C1CCCCC1. The first-order valence-electron chi connectivity index (χ1n) is 10.6. The van der Waals surface area contributed by atoms with Gasteiger partial charge in [0.1, 0.15) is 10.7 Å². The number of benzene rings is 1. The Morgan fingerprint density at radius 2 is 1.55 bits per heavy atom. The summed E-state index contributed by atoms with van der Waals surface area (Å²) in [4.78, 5) is 42.4. The van der Waals surface area contributed by atoms with E-state index in [0.717, 1.165) is 12.8 Å². The minimum atomic E-state index is -0.299. The Morgan fingerprint density at radius 3 is 2.17 bits per heavy atom. The summed E-state index contributed by atoms with van der Waals surface area (Å²) in [6, 6.07) is 7.17. The first-order valence-corrected chi connectivity index (χ1v) is 11.0. The van der Waals surface area contributed by atoms with Gasteiger partial charge in [-0.1, -0.05) is 55.1 Å². The lowest BCUT2D eigenvalue weighted by Crippen LogP contribution is -2.46. The number of nitrogens with zero attached hydrogens (tertiary/aromatic N) is 2. The second-order valence-corrected chi connectivity index (χ2v) is 8.75. The predicted octanol–water partition coefficient (Wildman–Crippen LogP) is 4.02. The van der Waals surface area contributed by atoms with Crippen molar-refractivity contribution in [1.29, 1.82) is 0 Å². The van der Waals surface area contributed by atoms with Crippen molar-refractivity contribution in [2.45, 2.75) is 51.0 Å². The molecule has 5 nitrogen and oxygen atoms in total. The van der Waals surface area contributed by atoms with E-state index in [2.05, 4.69) is 0 Å². The fraction of sp³-hybridized carbons (Fsp3) is 0.522. The number of carbonyl (C=O) groups is 3. The van der Waals surface area contributed by atoms with Crippen molar-refractivity contribution >= 4 is 29.1 Å². The Labute approximate surface area is 176 Å². The normalized spacial score (nSPS) is 21.4. The highest BCUT2D eigenvalue weighted by molar-refractivity contribution is 6.49. The zero-order valence-electron chi connectivity index (χ0n) is 16.8. The molecule has 1 saturated heterocycles. The molecule has 1 saturated carbocycles. The third-order valence-electron chi connectivity index (χ3n) is 6.67. The molecular weight excluding hydrogens is 388 g/mol. The first kappa shape index (κ1) is 20.1. The molecule has 0 atom stereocenters. The smallest absolute Gasteiger partial charge is 0.225 e. The fourth-order valence-corrected chi connectivity index (χ4v) is 5.21. The summed E-state index contributed by atoms with van der Waals surface area (Å²) in [5, 5.41) is -0.00204. The standard InChI is InChI=1S/C23H27ClN2O3/c1-25(16-7-3-2-4-8-16)23(29)15-11-13-26(14-12-15)20-19(24)21(27)17-9-5-6-10-18(17)22(20)28/h5-6,9-10,15-16H,2-4,7-8,11-14H2,1H3. The highest BCUT2D eigenvalue weighted by Crippen LogP contribution is 2.33. The largest absolute Gasteiger partial charge is 0.367 e. The second-order valence-electron chi connectivity index (χ2n) is 8.37. The highest BCUT2D eigenvalue weighted by Gasteiger charge is 2.37. The number of Topliss-reactive ketones (excluding diaryl/α,β-unsaturated/α-hetero) is 2. The lowest BCUT2D eigenvalue weighted by molar-refractivity contribution is -0.138. The molecule has 0 bridgehead atoms. The van der Waals surface area contributed by atoms with Crippen LogP contribution in [0.1, 0.15) is 65.7 Å². The third kappa shape index (κ3) is 3.73. The maximum Gasteiger partial charge on any atom is 0.225 e. The minimum Gasteiger partial charge on any atom is -0.367 e. The van der Waals surface area contributed by atoms with E-state index in [4.69, 9.17) is 11.6 Å². The number of fused-ring (bicyclic) bond motifs is 1. The summed E-state index contributed by atoms with van der Waals surface area (Å²) < 4.78 is 0. The Hall–Kier alpha value is -2.14. The molecule has 1 aromatic rings. The quantitative estimate of drug-likeness (QED) is 0.749. The van der Waals surface area contributed by atoms with Crippen LogP contribution >= 0.6 is 11.6 Å². The Balaban J connectivity index is 1.44. The van der Waals surface area contributed by atoms with Crippen LogP contribution in [0.15, 0.2) is 35.0 Å². The van der Waals surface area contributed by atoms with Crippen LogP contribution in [0, 0.1) is 5.92 Å². The van der Waals surface area contributed by atoms with E-state index in [0.29, 0.717) is 48.8 Å². The maximum absolute atomic E-state index is 13.0. The van der Waals surface area contributed by atoms with E-state index in [1.54, 1.807) is 24.3 Å². The van der Waals surface area contributed by atoms with E-state index < -0.39 is 0 Å². The molecule has 0 N–H and O–H groups in total. The molecule has 2 aliphatic carbocycles. The van der Waals surface area contributed by atoms with Crippen LogP contribution in [0.4, 0.5) is 0 Å². The van der Waals surface area contributed by atoms with Gasteiger partial charge >= 0.3 is 0 Å². The molecule has 6 heteroatoms. The van der Waals surface area contributed by atoms with Gasteiger partial charge in [-0.15, -0.1) is 0 Å². The van der Waals surface area contributed by atoms with Gasteiger partial charge in [0.25, 0.3) is 0 Å². The van der Waals surface area contributed by atoms with Crippen LogP contribution in [0.25, 0.3) is 0 Å². The van der Waals surface area contributed by atoms with Crippen molar-refractivity contribution in [2.75, 3.05) is 20.1 Å². The van der Waals surface area contributed by atoms with Gasteiger partial charge in [-0.05, 0) is 25.7 Å². The molecule has 0 spiro atoms. The lowest BCUT2D eigenvalue weighted by atomic mass is 9.88. The van der Waals surface area contributed by atoms with Crippen molar-refractivity contribution in [2.24, 2.45) is 5.92 Å². The molecule has 0 aromatic heterocycles. The van der Waals surface area contributed by atoms with Gasteiger partial charge in [0.2, 0.25) is 17.5 Å². The van der Waals surface area contributed by atoms with Crippen LogP contribution in [0.2, 0.25) is 0 Å². The number of carbonyl (C=O) groups excluding carboxylic acids is 3. The Morgan fingerprint density at radius 1 is 0.966 bits per heavy atom. The average molecular weight is 415 g/mol. The van der Waals surface area contributed by atoms with Crippen molar-refractivity contribution in [3.05, 3.63) is 46.1 Å². The van der Waals surface area contributed by atoms with Gasteiger partial charge < -0.3 is 9.80 Å². The predicted molar refractivity (Wildman–Crippen MR) is 112 cm³/mol. The van der Waals surface area contributed by atoms with Crippen LogP contribution in [-0.2, 0) is 4.79 Å². The molecule has 1 amide bonds. The van der Waals surface area contributed by atoms with Gasteiger partial charge in [0.15, 0.2) is 0 Å². The highest BCUT2D eigenvalue weighted by atomic mass is 35.5. The summed E-state index contributed by atoms with van der Waals surface area (Å²) in [5.74, 6) is -0.311. The lowest BCUT2D eigenvalue weighted by Gasteiger charge is -2.38. The van der Waals surface area contributed by atoms with Gasteiger partial charge in [0.05, 0.1) is 0 Å². The molecule has 29 heavy (non-hydrogen) atoms. The molecule has 154 valence electrons. The number of ketones is 2. The number of hydrogen-bond acceptors (Lipinski definition) is 4. The number of likely N-dealkylation sites (tertiary alicyclic amines) is 1. The maximum atomic E-state index is 13.0. The molecule has 3 aliphatic rings. The molecule has 2 fully saturated rings. The second kappa shape index (κ2) is 8.31. The Bertz CT molecular complexity index is 865. The fourth-order valence-electron chi connectivity index (χ4n) is 4.90. The van der Waals surface area contributed by atoms with E-state index in [1.165, 1.54) is 19.3 Å². The number of allylic oxidation sites excluding steroid dienone is 2. The van der Waals surface area contributed by atoms with E-state index in [1.807, 2.05) is 16.8 Å². The molecule has 4 rings (SSSR count). The van der Waals surface area contributed by atoms with Gasteiger partial charge in [-0.3, -0.25) is 14.4 Å². The van der Waals surface area contributed by atoms with Crippen LogP contribution < -0.4 is 0 Å². The number of amides is 1. The monoisotopic (exact) mass is 414 g/mol. The van der Waals surface area contributed by atoms with Gasteiger partial charge in [-0.2, -0.15) is 0 Å². The zero-order valence-corrected chi connectivity index (χ0v) is 17.6. The zero-order chi connectivity index (χ0) is 20.5. The minimum absolute atomic E-state index is 0.00204. The van der Waals surface area contributed by atoms with Crippen LogP contribution in [-0.4, -0.2) is 53.5 Å². The Kier molecular flexibility index (Phi) is 5.77. The topological polar surface area (TPSA) is 57.7 Å². The molecule has 1 aromatic carbocycles. The summed E-state index contributed by atoms with van der Waals surface area (Å²) >= 11 is 6.33. The van der Waals surface area contributed by atoms with Crippen LogP contribution in [0.5, 0.6) is 0 Å². The number of piperidine rings is 1. The molecule has 1 heterocycles. The van der Waals surface area contributed by atoms with Crippen molar-refractivity contribution < 1.29 is 14.4 Å². The van der Waals surface area contributed by atoms with Crippen LogP contribution in [0.3, 0.4) is 0 Å². The average Bonchev–Trinajstić information content (AvgIpc) is 2.78. The van der Waals surface area contributed by atoms with Gasteiger partial charge in [-0.25, -0.2) is 0 Å². The van der Waals surface area contributed by atoms with Crippen molar-refractivity contribution in [3.63, 3.8) is 0 Å². The first-order chi connectivity index (χ1) is 14.0.